The number of carbonyl (C=O) groups excluding carboxylic acids is 12. The van der Waals surface area contributed by atoms with Gasteiger partial charge in [-0.25, -0.2) is 25.3 Å². The van der Waals surface area contributed by atoms with E-state index in [2.05, 4.69) is 33.5 Å². The number of fused-ring (bicyclic) bond motifs is 1. The predicted molar refractivity (Wildman–Crippen MR) is 474 cm³/mol. The number of benzene rings is 5. The summed E-state index contributed by atoms with van der Waals surface area (Å²) in [6.45, 7) is 6.65. The zero-order valence-electron chi connectivity index (χ0n) is 71.5. The van der Waals surface area contributed by atoms with Gasteiger partial charge in [0.25, 0.3) is 0 Å². The summed E-state index contributed by atoms with van der Waals surface area (Å²) in [5.41, 5.74) is 4.53. The van der Waals surface area contributed by atoms with E-state index in [0.29, 0.717) is 61.8 Å². The third-order valence-corrected chi connectivity index (χ3v) is 26.4. The number of ketones is 4. The molecule has 27 nitrogen and oxygen atoms in total. The van der Waals surface area contributed by atoms with Crippen LogP contribution in [-0.2, 0) is 119 Å². The molecule has 0 saturated carbocycles. The molecule has 0 radical (unpaired) electrons. The minimum Gasteiger partial charge on any atom is -0.393 e. The number of aliphatic hydroxyl groups excluding tert-OH is 1. The fourth-order valence-corrected chi connectivity index (χ4v) is 17.8. The predicted octanol–water partition coefficient (Wildman–Crippen LogP) is 8.56. The monoisotopic (exact) mass is 1810 g/mol. The first-order valence-corrected chi connectivity index (χ1v) is 48.9. The average molecular weight is 1820 g/mol. The van der Waals surface area contributed by atoms with Crippen molar-refractivity contribution < 1.29 is 87.9 Å². The Morgan fingerprint density at radius 2 is 1.02 bits per heavy atom. The van der Waals surface area contributed by atoms with E-state index in [4.69, 9.17) is 34.8 Å². The highest BCUT2D eigenvalue weighted by Crippen LogP contribution is 2.33. The second-order valence-electron chi connectivity index (χ2n) is 33.1. The van der Waals surface area contributed by atoms with Crippen LogP contribution in [0.1, 0.15) is 156 Å². The molecule has 1 saturated heterocycles. The van der Waals surface area contributed by atoms with Gasteiger partial charge in [0.2, 0.25) is 47.3 Å². The molecule has 6 N–H and O–H groups in total. The minimum absolute atomic E-state index is 0.178. The van der Waals surface area contributed by atoms with Gasteiger partial charge >= 0.3 is 0 Å². The number of aliphatic hydroxyl groups is 1. The van der Waals surface area contributed by atoms with Gasteiger partial charge in [-0.15, -0.1) is 0 Å². The average Bonchev–Trinajstić information content (AvgIpc) is 1.75. The molecule has 0 spiro atoms. The van der Waals surface area contributed by atoms with Gasteiger partial charge in [0.05, 0.1) is 41.2 Å². The maximum Gasteiger partial charge on any atom is 0.245 e. The molecule has 1 aliphatic heterocycles. The number of halogens is 3. The van der Waals surface area contributed by atoms with E-state index in [1.165, 1.54) is 32.8 Å². The summed E-state index contributed by atoms with van der Waals surface area (Å²) < 4.78 is 78.3. The third-order valence-electron chi connectivity index (χ3n) is 22.6. The first-order valence-electron chi connectivity index (χ1n) is 41.5. The van der Waals surface area contributed by atoms with E-state index in [1.54, 1.807) is 116 Å². The fourth-order valence-electron chi connectivity index (χ4n) is 15.3. The Kier molecular flexibility index (Phi) is 38.9. The van der Waals surface area contributed by atoms with Gasteiger partial charge in [-0.2, -0.15) is 0 Å². The quantitative estimate of drug-likeness (QED) is 0.0255. The first-order chi connectivity index (χ1) is 57.9. The SMILES string of the molecule is CCCCCCCCN(C)C(=O)C1CC(=O)C[C@@H](C)C(=O)N[C@@H](CCS(C)(=O)=O)C(=O)N[C@@H](CCS(C)(=O)=O)C(=O)N(C)[C@@H](Cc2ccccc2)C(=O)N[C@@H](CCS(C)(=O)=O)C(=O)N[C@@H](CC2=CCc3ccccc32)C(=O)N[C@@H](Cc2cccc(Cl)c2)C(=O)N(C)[C@@H](Cc2ccc(Cl)cc2)C(=O)C[C@@H]([C@@H](C)O)C(=O)C[C@@H](Cc2ccc(C)c(Cl)c2)C(=O)C1. The topological polar surface area (TPSA) is 397 Å². The van der Waals surface area contributed by atoms with Crippen LogP contribution in [-0.4, -0.2) is 228 Å². The lowest BCUT2D eigenvalue weighted by molar-refractivity contribution is -0.143. The number of nitrogens with zero attached hydrogens (tertiary/aromatic N) is 3. The van der Waals surface area contributed by atoms with E-state index in [1.807, 2.05) is 18.2 Å². The van der Waals surface area contributed by atoms with Gasteiger partial charge in [0, 0.05) is 125 Å². The second-order valence-corrected chi connectivity index (χ2v) is 41.1. The van der Waals surface area contributed by atoms with Gasteiger partial charge < -0.3 is 46.4 Å². The molecular formula is C90H117Cl3N8O19S3. The summed E-state index contributed by atoms with van der Waals surface area (Å²) in [7, 11) is -7.97. The number of likely N-dealkylation sites (N-methyl/N-ethyl adjacent to an activating group) is 2. The summed E-state index contributed by atoms with van der Waals surface area (Å²) in [5.74, 6) is -19.0. The maximum atomic E-state index is 16.0. The molecule has 0 aromatic heterocycles. The number of amides is 8. The zero-order valence-corrected chi connectivity index (χ0v) is 76.2. The van der Waals surface area contributed by atoms with Gasteiger partial charge in [0.1, 0.15) is 83.1 Å². The normalized spacial score (nSPS) is 22.8. The Bertz CT molecular complexity index is 5000. The Morgan fingerprint density at radius 1 is 0.504 bits per heavy atom. The van der Waals surface area contributed by atoms with Crippen molar-refractivity contribution >= 4 is 140 Å². The summed E-state index contributed by atoms with van der Waals surface area (Å²) in [6, 6.07) is 20.9. The highest BCUT2D eigenvalue weighted by molar-refractivity contribution is 7.91. The highest BCUT2D eigenvalue weighted by Gasteiger charge is 2.42. The van der Waals surface area contributed by atoms with Gasteiger partial charge in [-0.3, -0.25) is 57.5 Å². The largest absolute Gasteiger partial charge is 0.393 e. The van der Waals surface area contributed by atoms with E-state index < -0.39 is 241 Å². The van der Waals surface area contributed by atoms with Crippen molar-refractivity contribution in [3.63, 3.8) is 0 Å². The molecule has 1 heterocycles. The lowest BCUT2D eigenvalue weighted by Crippen LogP contribution is -2.61. The van der Waals surface area contributed by atoms with E-state index in [9.17, 15) is 49.5 Å². The lowest BCUT2D eigenvalue weighted by Gasteiger charge is -2.33. The number of rotatable bonds is 28. The smallest absolute Gasteiger partial charge is 0.245 e. The molecule has 5 aromatic carbocycles. The summed E-state index contributed by atoms with van der Waals surface area (Å²) in [5, 5.41) is 25.9. The van der Waals surface area contributed by atoms with Crippen molar-refractivity contribution in [3.8, 4) is 0 Å². The number of aryl methyl sites for hydroxylation is 1. The van der Waals surface area contributed by atoms with Crippen LogP contribution in [0, 0.1) is 30.6 Å². The van der Waals surface area contributed by atoms with Crippen molar-refractivity contribution in [1.82, 2.24) is 41.3 Å². The highest BCUT2D eigenvalue weighted by atomic mass is 35.5. The minimum atomic E-state index is -4.00. The number of hydrogen-bond donors (Lipinski definition) is 6. The van der Waals surface area contributed by atoms with Crippen LogP contribution >= 0.6 is 34.8 Å². The molecule has 1 unspecified atom stereocenters. The number of allylic oxidation sites excluding steroid dienone is 1. The molecule has 7 rings (SSSR count). The number of unbranched alkanes of at least 4 members (excludes halogenated alkanes) is 5. The molecule has 0 bridgehead atoms. The molecule has 5 aromatic rings. The van der Waals surface area contributed by atoms with E-state index >= 15 is 38.4 Å². The first kappa shape index (κ1) is 101. The molecule has 1 aliphatic carbocycles. The van der Waals surface area contributed by atoms with Crippen molar-refractivity contribution in [1.29, 1.82) is 0 Å². The molecule has 1 fully saturated rings. The van der Waals surface area contributed by atoms with Crippen LogP contribution in [0.25, 0.3) is 5.57 Å². The maximum absolute atomic E-state index is 16.0. The Balaban J connectivity index is 1.42. The molecule has 123 heavy (non-hydrogen) atoms. The number of Topliss-reactive ketones (excluding diaryl/α,β-unsaturated/α-hetero) is 4. The van der Waals surface area contributed by atoms with Gasteiger partial charge in [-0.1, -0.05) is 178 Å². The van der Waals surface area contributed by atoms with Crippen molar-refractivity contribution in [3.05, 3.63) is 181 Å². The molecule has 670 valence electrons. The van der Waals surface area contributed by atoms with E-state index in [-0.39, 0.29) is 43.7 Å². The Labute approximate surface area is 737 Å². The standard InChI is InChI=1S/C90H117Cl3N8O19S3/c1-11-12-13-14-15-21-40-99(5)88(112)66-51-69(103)44-57(3)83(107)94-73(37-41-121(8,115)116)84(108)96-75(39-43-123(10,119)120)89(113)101(7)79(50-59-23-17-16-18-24-59)87(111)95-74(38-42-122(9,117)118)85(109)97-76(52-64-34-33-63-26-19-20-28-70(63)64)86(110)98-77(48-61-25-22-27-68(92)46-61)90(114)100(6)78(49-60-31-35-67(91)36-32-60)82(106)55-71(58(4)102)81(105)53-65(80(104)54-66)45-62-30-29-56(2)72(93)47-62/h16-20,22-32,34-36,46-47,57-58,65-66,71,73-79,102H,11-15,21,33,37-45,48-55H2,1-10H3,(H,94,107)(H,95,111)(H,96,108)(H,97,109)(H,98,110)/t57-,58-,65-,66?,71+,73+,74+,75+,76+,77+,78+,79+/m1/s1. The summed E-state index contributed by atoms with van der Waals surface area (Å²) in [4.78, 5) is 187. The lowest BCUT2D eigenvalue weighted by atomic mass is 9.80. The van der Waals surface area contributed by atoms with Crippen LogP contribution < -0.4 is 26.6 Å². The second kappa shape index (κ2) is 47.3. The third kappa shape index (κ3) is 32.8. The van der Waals surface area contributed by atoms with Crippen LogP contribution in [0.4, 0.5) is 0 Å². The number of carbonyl (C=O) groups is 12. The number of hydrogen-bond acceptors (Lipinski definition) is 19. The van der Waals surface area contributed by atoms with Crippen LogP contribution in [0.15, 0.2) is 127 Å². The summed E-state index contributed by atoms with van der Waals surface area (Å²) in [6.07, 6.45) is 1.66. The van der Waals surface area contributed by atoms with Crippen LogP contribution in [0.3, 0.4) is 0 Å². The Morgan fingerprint density at radius 3 is 1.63 bits per heavy atom. The molecule has 8 amide bonds. The van der Waals surface area contributed by atoms with Crippen molar-refractivity contribution in [2.24, 2.45) is 23.7 Å². The van der Waals surface area contributed by atoms with Crippen molar-refractivity contribution in [2.75, 3.05) is 63.7 Å². The van der Waals surface area contributed by atoms with Gasteiger partial charge in [0.15, 0.2) is 5.78 Å². The van der Waals surface area contributed by atoms with Crippen molar-refractivity contribution in [2.45, 2.75) is 205 Å². The molecule has 2 aliphatic rings. The molecule has 12 atom stereocenters. The molecular weight excluding hydrogens is 1700 g/mol. The number of sulfone groups is 3. The molecule has 33 heteroatoms. The van der Waals surface area contributed by atoms with E-state index in [0.717, 1.165) is 73.3 Å². The van der Waals surface area contributed by atoms with Crippen LogP contribution in [0.2, 0.25) is 15.1 Å². The fraction of sp³-hybridized carbons (Fsp3) is 0.511. The zero-order chi connectivity index (χ0) is 90.8. The summed E-state index contributed by atoms with van der Waals surface area (Å²) >= 11 is 19.7. The Hall–Kier alpha value is -9.04. The van der Waals surface area contributed by atoms with Crippen LogP contribution in [0.5, 0.6) is 0 Å². The van der Waals surface area contributed by atoms with Gasteiger partial charge in [-0.05, 0) is 134 Å². The number of nitrogens with one attached hydrogen (secondary N) is 5.